The highest BCUT2D eigenvalue weighted by Crippen LogP contribution is 2.33. The molecule has 0 aliphatic heterocycles. The zero-order valence-corrected chi connectivity index (χ0v) is 16.8. The van der Waals surface area contributed by atoms with E-state index in [1.807, 2.05) is 22.9 Å². The molecule has 1 saturated carbocycles. The molecule has 1 aromatic carbocycles. The molecule has 0 unspecified atom stereocenters. The number of nitrogens with zero attached hydrogens (tertiary/aromatic N) is 3. The van der Waals surface area contributed by atoms with Gasteiger partial charge in [-0.05, 0) is 48.7 Å². The van der Waals surface area contributed by atoms with Crippen molar-refractivity contribution in [1.29, 1.82) is 0 Å². The Bertz CT molecular complexity index is 1080. The van der Waals surface area contributed by atoms with Crippen LogP contribution >= 0.6 is 0 Å². The van der Waals surface area contributed by atoms with Crippen molar-refractivity contribution in [3.8, 4) is 11.3 Å². The highest BCUT2D eigenvalue weighted by Gasteiger charge is 2.22. The third kappa shape index (κ3) is 4.89. The van der Waals surface area contributed by atoms with Gasteiger partial charge in [-0.25, -0.2) is 17.5 Å². The second kappa shape index (κ2) is 8.42. The normalized spacial score (nSPS) is 15.1. The second-order valence-electron chi connectivity index (χ2n) is 7.35. The Labute approximate surface area is 169 Å². The number of halogens is 1. The summed E-state index contributed by atoms with van der Waals surface area (Å²) in [6.45, 7) is 0.0927. The van der Waals surface area contributed by atoms with Gasteiger partial charge in [-0.1, -0.05) is 25.0 Å². The topological polar surface area (TPSA) is 76.9 Å². The SMILES string of the molecule is O=S(=O)(Cc1cccc(F)c1)NCc1cc(-c2ccncc2)n(C2CCCC2)n1. The van der Waals surface area contributed by atoms with Crippen molar-refractivity contribution >= 4 is 10.0 Å². The van der Waals surface area contributed by atoms with E-state index < -0.39 is 15.8 Å². The lowest BCUT2D eigenvalue weighted by molar-refractivity contribution is 0.467. The lowest BCUT2D eigenvalue weighted by Gasteiger charge is -2.14. The minimum atomic E-state index is -3.61. The van der Waals surface area contributed by atoms with Gasteiger partial charge >= 0.3 is 0 Å². The Kier molecular flexibility index (Phi) is 5.73. The van der Waals surface area contributed by atoms with Gasteiger partial charge in [0.1, 0.15) is 5.82 Å². The van der Waals surface area contributed by atoms with Gasteiger partial charge in [-0.2, -0.15) is 5.10 Å². The largest absolute Gasteiger partial charge is 0.265 e. The molecule has 0 bridgehead atoms. The van der Waals surface area contributed by atoms with Crippen molar-refractivity contribution in [1.82, 2.24) is 19.5 Å². The van der Waals surface area contributed by atoms with Gasteiger partial charge in [0, 0.05) is 18.0 Å². The Balaban J connectivity index is 1.52. The molecule has 1 fully saturated rings. The zero-order chi connectivity index (χ0) is 20.3. The fraction of sp³-hybridized carbons (Fsp3) is 0.333. The van der Waals surface area contributed by atoms with Gasteiger partial charge in [-0.3, -0.25) is 9.67 Å². The number of hydrogen-bond acceptors (Lipinski definition) is 4. The highest BCUT2D eigenvalue weighted by atomic mass is 32.2. The van der Waals surface area contributed by atoms with E-state index >= 15 is 0 Å². The summed E-state index contributed by atoms with van der Waals surface area (Å²) in [4.78, 5) is 4.07. The summed E-state index contributed by atoms with van der Waals surface area (Å²) in [7, 11) is -3.61. The Morgan fingerprint density at radius 2 is 1.86 bits per heavy atom. The predicted molar refractivity (Wildman–Crippen MR) is 109 cm³/mol. The standard InChI is InChI=1S/C21H23FN4O2S/c22-18-5-3-4-16(12-18)15-29(27,28)24-14-19-13-21(17-8-10-23-11-9-17)26(25-19)20-6-1-2-7-20/h3-5,8-13,20,24H,1-2,6-7,14-15H2. The fourth-order valence-electron chi connectivity index (χ4n) is 3.78. The van der Waals surface area contributed by atoms with Crippen molar-refractivity contribution in [3.63, 3.8) is 0 Å². The van der Waals surface area contributed by atoms with E-state index in [-0.39, 0.29) is 12.3 Å². The number of sulfonamides is 1. The van der Waals surface area contributed by atoms with Gasteiger partial charge in [-0.15, -0.1) is 0 Å². The first-order chi connectivity index (χ1) is 14.0. The summed E-state index contributed by atoms with van der Waals surface area (Å²) in [5.41, 5.74) is 3.05. The third-order valence-electron chi connectivity index (χ3n) is 5.15. The molecular weight excluding hydrogens is 391 g/mol. The van der Waals surface area contributed by atoms with Crippen LogP contribution in [-0.4, -0.2) is 23.2 Å². The van der Waals surface area contributed by atoms with E-state index in [4.69, 9.17) is 5.10 Å². The molecule has 29 heavy (non-hydrogen) atoms. The Morgan fingerprint density at radius 3 is 2.59 bits per heavy atom. The number of rotatable bonds is 7. The minimum Gasteiger partial charge on any atom is -0.265 e. The Hall–Kier alpha value is -2.58. The van der Waals surface area contributed by atoms with Gasteiger partial charge in [0.2, 0.25) is 10.0 Å². The van der Waals surface area contributed by atoms with E-state index in [2.05, 4.69) is 9.71 Å². The second-order valence-corrected chi connectivity index (χ2v) is 9.16. The first-order valence-corrected chi connectivity index (χ1v) is 11.4. The summed E-state index contributed by atoms with van der Waals surface area (Å²) in [6, 6.07) is 11.7. The molecule has 1 N–H and O–H groups in total. The van der Waals surface area contributed by atoms with Crippen LogP contribution < -0.4 is 4.72 Å². The minimum absolute atomic E-state index is 0.0927. The van der Waals surface area contributed by atoms with Gasteiger partial charge in [0.25, 0.3) is 0 Å². The first kappa shape index (κ1) is 19.7. The van der Waals surface area contributed by atoms with Crippen LogP contribution in [0.4, 0.5) is 4.39 Å². The third-order valence-corrected chi connectivity index (χ3v) is 6.45. The van der Waals surface area contributed by atoms with E-state index in [1.165, 1.54) is 31.0 Å². The maximum absolute atomic E-state index is 13.3. The van der Waals surface area contributed by atoms with Crippen molar-refractivity contribution in [2.45, 2.75) is 44.0 Å². The average molecular weight is 415 g/mol. The van der Waals surface area contributed by atoms with Crippen molar-refractivity contribution in [2.24, 2.45) is 0 Å². The molecule has 0 saturated heterocycles. The van der Waals surface area contributed by atoms with Crippen molar-refractivity contribution in [2.75, 3.05) is 0 Å². The summed E-state index contributed by atoms with van der Waals surface area (Å²) < 4.78 is 42.8. The number of pyridine rings is 1. The first-order valence-electron chi connectivity index (χ1n) is 9.71. The lowest BCUT2D eigenvalue weighted by Crippen LogP contribution is -2.25. The van der Waals surface area contributed by atoms with E-state index in [9.17, 15) is 12.8 Å². The molecule has 0 radical (unpaired) electrons. The molecule has 6 nitrogen and oxygen atoms in total. The van der Waals surface area contributed by atoms with Crippen LogP contribution in [0.25, 0.3) is 11.3 Å². The van der Waals surface area contributed by atoms with Crippen molar-refractivity contribution in [3.05, 3.63) is 71.9 Å². The van der Waals surface area contributed by atoms with Gasteiger partial charge < -0.3 is 0 Å². The molecule has 4 rings (SSSR count). The smallest absolute Gasteiger partial charge is 0.216 e. The predicted octanol–water partition coefficient (Wildman–Crippen LogP) is 3.82. The van der Waals surface area contributed by atoms with Crippen LogP contribution in [0, 0.1) is 5.82 Å². The summed E-state index contributed by atoms with van der Waals surface area (Å²) in [5, 5.41) is 4.70. The van der Waals surface area contributed by atoms with Gasteiger partial charge in [0.05, 0.1) is 29.7 Å². The summed E-state index contributed by atoms with van der Waals surface area (Å²) in [5.74, 6) is -0.722. The van der Waals surface area contributed by atoms with Crippen LogP contribution in [-0.2, 0) is 22.3 Å². The zero-order valence-electron chi connectivity index (χ0n) is 16.0. The summed E-state index contributed by atoms with van der Waals surface area (Å²) in [6.07, 6.45) is 7.98. The number of nitrogens with one attached hydrogen (secondary N) is 1. The molecule has 2 heterocycles. The molecule has 2 aromatic heterocycles. The van der Waals surface area contributed by atoms with E-state index in [0.717, 1.165) is 24.1 Å². The Morgan fingerprint density at radius 1 is 1.10 bits per heavy atom. The average Bonchev–Trinajstić information content (AvgIpc) is 3.37. The molecule has 0 atom stereocenters. The highest BCUT2D eigenvalue weighted by molar-refractivity contribution is 7.88. The van der Waals surface area contributed by atoms with Crippen LogP contribution in [0.1, 0.15) is 43.0 Å². The molecule has 3 aromatic rings. The number of hydrogen-bond donors (Lipinski definition) is 1. The lowest BCUT2D eigenvalue weighted by atomic mass is 10.1. The molecule has 1 aliphatic carbocycles. The van der Waals surface area contributed by atoms with E-state index in [1.54, 1.807) is 18.5 Å². The maximum atomic E-state index is 13.3. The molecule has 0 amide bonds. The van der Waals surface area contributed by atoms with Crippen LogP contribution in [0.5, 0.6) is 0 Å². The number of benzene rings is 1. The maximum Gasteiger partial charge on any atom is 0.216 e. The van der Waals surface area contributed by atoms with Crippen LogP contribution in [0.15, 0.2) is 54.9 Å². The van der Waals surface area contributed by atoms with Crippen molar-refractivity contribution < 1.29 is 12.8 Å². The molecular formula is C21H23FN4O2S. The molecule has 0 spiro atoms. The fourth-order valence-corrected chi connectivity index (χ4v) is 4.87. The molecule has 8 heteroatoms. The quantitative estimate of drug-likeness (QED) is 0.638. The monoisotopic (exact) mass is 414 g/mol. The van der Waals surface area contributed by atoms with Gasteiger partial charge in [0.15, 0.2) is 0 Å². The van der Waals surface area contributed by atoms with Crippen LogP contribution in [0.2, 0.25) is 0 Å². The molecule has 152 valence electrons. The van der Waals surface area contributed by atoms with E-state index in [0.29, 0.717) is 17.3 Å². The van der Waals surface area contributed by atoms with Crippen LogP contribution in [0.3, 0.4) is 0 Å². The molecule has 1 aliphatic rings. The summed E-state index contributed by atoms with van der Waals surface area (Å²) >= 11 is 0. The number of aromatic nitrogens is 3.